The monoisotopic (exact) mass is 325 g/mol. The predicted octanol–water partition coefficient (Wildman–Crippen LogP) is 0.712. The van der Waals surface area contributed by atoms with E-state index in [4.69, 9.17) is 5.73 Å². The van der Waals surface area contributed by atoms with Crippen LogP contribution >= 0.6 is 0 Å². The minimum absolute atomic E-state index is 0.0778. The van der Waals surface area contributed by atoms with Gasteiger partial charge in [-0.15, -0.1) is 0 Å². The molecule has 0 spiro atoms. The first-order chi connectivity index (χ1) is 10.2. The Bertz CT molecular complexity index is 673. The third-order valence-corrected chi connectivity index (χ3v) is 5.71. The fourth-order valence-corrected chi connectivity index (χ4v) is 4.14. The van der Waals surface area contributed by atoms with Gasteiger partial charge in [0, 0.05) is 24.7 Å². The van der Waals surface area contributed by atoms with Gasteiger partial charge in [-0.1, -0.05) is 19.9 Å². The Labute approximate surface area is 131 Å². The third kappa shape index (κ3) is 3.48. The highest BCUT2D eigenvalue weighted by atomic mass is 32.2. The van der Waals surface area contributed by atoms with Crippen molar-refractivity contribution in [2.45, 2.75) is 31.7 Å². The average Bonchev–Trinajstić information content (AvgIpc) is 2.78. The molecule has 2 rings (SSSR count). The van der Waals surface area contributed by atoms with E-state index in [9.17, 15) is 13.2 Å². The number of nitrogens with zero attached hydrogens (tertiary/aromatic N) is 1. The van der Waals surface area contributed by atoms with Gasteiger partial charge in [0.1, 0.15) is 0 Å². The van der Waals surface area contributed by atoms with Crippen LogP contribution in [-0.2, 0) is 10.0 Å². The third-order valence-electron chi connectivity index (χ3n) is 4.23. The number of primary amides is 1. The van der Waals surface area contributed by atoms with Crippen molar-refractivity contribution in [3.8, 4) is 0 Å². The van der Waals surface area contributed by atoms with Crippen LogP contribution in [0.15, 0.2) is 23.1 Å². The topological polar surface area (TPSA) is 92.5 Å². The summed E-state index contributed by atoms with van der Waals surface area (Å²) < 4.78 is 27.8. The molecule has 0 saturated carbocycles. The molecule has 1 aromatic carbocycles. The number of carbonyl (C=O) groups excluding carboxylic acids is 1. The SMILES string of the molecule is CCN1C[C@H](NS(=O)(=O)c2ccc(C)c(C(N)=O)c2)[C@@H](C)C1. The number of benzene rings is 1. The second-order valence-electron chi connectivity index (χ2n) is 5.90. The standard InChI is InChI=1S/C15H23N3O3S/c1-4-18-8-11(3)14(9-18)17-22(20,21)12-6-5-10(2)13(7-12)15(16)19/h5-7,11,14,17H,4,8-9H2,1-3H3,(H2,16,19)/t11-,14-/m0/s1. The zero-order valence-electron chi connectivity index (χ0n) is 13.2. The summed E-state index contributed by atoms with van der Waals surface area (Å²) in [6, 6.07) is 4.33. The molecule has 1 aliphatic heterocycles. The molecule has 1 amide bonds. The van der Waals surface area contributed by atoms with Gasteiger partial charge in [0.15, 0.2) is 0 Å². The van der Waals surface area contributed by atoms with E-state index in [1.165, 1.54) is 12.1 Å². The summed E-state index contributed by atoms with van der Waals surface area (Å²) in [6.07, 6.45) is 0. The summed E-state index contributed by atoms with van der Waals surface area (Å²) in [5.74, 6) is -0.378. The zero-order chi connectivity index (χ0) is 16.5. The molecule has 3 N–H and O–H groups in total. The summed E-state index contributed by atoms with van der Waals surface area (Å²) in [5.41, 5.74) is 6.19. The van der Waals surface area contributed by atoms with Crippen LogP contribution in [0.25, 0.3) is 0 Å². The molecule has 22 heavy (non-hydrogen) atoms. The average molecular weight is 325 g/mol. The number of nitrogens with one attached hydrogen (secondary N) is 1. The Balaban J connectivity index is 2.24. The first kappa shape index (κ1) is 16.9. The lowest BCUT2D eigenvalue weighted by Gasteiger charge is -2.17. The molecule has 1 aliphatic rings. The molecular formula is C15H23N3O3S. The normalized spacial score (nSPS) is 22.9. The number of likely N-dealkylation sites (tertiary alicyclic amines) is 1. The fourth-order valence-electron chi connectivity index (χ4n) is 2.78. The van der Waals surface area contributed by atoms with Gasteiger partial charge in [0.2, 0.25) is 15.9 Å². The zero-order valence-corrected chi connectivity index (χ0v) is 14.0. The number of sulfonamides is 1. The van der Waals surface area contributed by atoms with Crippen molar-refractivity contribution in [3.05, 3.63) is 29.3 Å². The molecule has 122 valence electrons. The Morgan fingerprint density at radius 1 is 1.41 bits per heavy atom. The van der Waals surface area contributed by atoms with Crippen LogP contribution < -0.4 is 10.5 Å². The maximum absolute atomic E-state index is 12.5. The Morgan fingerprint density at radius 2 is 2.09 bits per heavy atom. The molecule has 1 fully saturated rings. The summed E-state index contributed by atoms with van der Waals surface area (Å²) in [5, 5.41) is 0. The van der Waals surface area contributed by atoms with E-state index in [1.54, 1.807) is 13.0 Å². The van der Waals surface area contributed by atoms with E-state index < -0.39 is 15.9 Å². The van der Waals surface area contributed by atoms with Gasteiger partial charge in [-0.2, -0.15) is 0 Å². The van der Waals surface area contributed by atoms with Gasteiger partial charge in [0.05, 0.1) is 4.90 Å². The van der Waals surface area contributed by atoms with Crippen molar-refractivity contribution in [2.75, 3.05) is 19.6 Å². The quantitative estimate of drug-likeness (QED) is 0.834. The van der Waals surface area contributed by atoms with Crippen molar-refractivity contribution >= 4 is 15.9 Å². The highest BCUT2D eigenvalue weighted by Gasteiger charge is 2.32. The first-order valence-electron chi connectivity index (χ1n) is 7.39. The van der Waals surface area contributed by atoms with E-state index in [0.717, 1.165) is 13.1 Å². The van der Waals surface area contributed by atoms with E-state index in [2.05, 4.69) is 16.5 Å². The maximum Gasteiger partial charge on any atom is 0.249 e. The van der Waals surface area contributed by atoms with Gasteiger partial charge < -0.3 is 10.6 Å². The molecule has 2 atom stereocenters. The van der Waals surface area contributed by atoms with Crippen molar-refractivity contribution in [1.82, 2.24) is 9.62 Å². The predicted molar refractivity (Wildman–Crippen MR) is 85.1 cm³/mol. The number of carbonyl (C=O) groups is 1. The summed E-state index contributed by atoms with van der Waals surface area (Å²) in [4.78, 5) is 13.7. The molecule has 0 bridgehead atoms. The van der Waals surface area contributed by atoms with Crippen LogP contribution in [0.3, 0.4) is 0 Å². The largest absolute Gasteiger partial charge is 0.366 e. The van der Waals surface area contributed by atoms with Crippen molar-refractivity contribution in [1.29, 1.82) is 0 Å². The van der Waals surface area contributed by atoms with Gasteiger partial charge in [-0.25, -0.2) is 13.1 Å². The van der Waals surface area contributed by atoms with Crippen LogP contribution in [0.5, 0.6) is 0 Å². The molecule has 0 aliphatic carbocycles. The molecule has 7 heteroatoms. The van der Waals surface area contributed by atoms with Crippen LogP contribution in [0.2, 0.25) is 0 Å². The highest BCUT2D eigenvalue weighted by Crippen LogP contribution is 2.20. The second-order valence-corrected chi connectivity index (χ2v) is 7.61. The van der Waals surface area contributed by atoms with E-state index in [0.29, 0.717) is 12.1 Å². The minimum Gasteiger partial charge on any atom is -0.366 e. The lowest BCUT2D eigenvalue weighted by atomic mass is 10.1. The van der Waals surface area contributed by atoms with E-state index in [-0.39, 0.29) is 22.4 Å². The lowest BCUT2D eigenvalue weighted by Crippen LogP contribution is -2.39. The summed E-state index contributed by atoms with van der Waals surface area (Å²) >= 11 is 0. The Kier molecular flexibility index (Phi) is 4.89. The highest BCUT2D eigenvalue weighted by molar-refractivity contribution is 7.89. The van der Waals surface area contributed by atoms with Crippen molar-refractivity contribution in [2.24, 2.45) is 11.7 Å². The number of hydrogen-bond acceptors (Lipinski definition) is 4. The van der Waals surface area contributed by atoms with Crippen LogP contribution in [0.4, 0.5) is 0 Å². The Morgan fingerprint density at radius 3 is 2.64 bits per heavy atom. The maximum atomic E-state index is 12.5. The molecule has 0 unspecified atom stereocenters. The van der Waals surface area contributed by atoms with Crippen LogP contribution in [-0.4, -0.2) is 44.9 Å². The number of hydrogen-bond donors (Lipinski definition) is 2. The first-order valence-corrected chi connectivity index (χ1v) is 8.88. The van der Waals surface area contributed by atoms with Crippen molar-refractivity contribution in [3.63, 3.8) is 0 Å². The van der Waals surface area contributed by atoms with E-state index in [1.807, 2.05) is 6.92 Å². The van der Waals surface area contributed by atoms with Gasteiger partial charge >= 0.3 is 0 Å². The fraction of sp³-hybridized carbons (Fsp3) is 0.533. The molecule has 1 heterocycles. The number of nitrogens with two attached hydrogens (primary N) is 1. The number of likely N-dealkylation sites (N-methyl/N-ethyl adjacent to an activating group) is 1. The minimum atomic E-state index is -3.67. The number of amides is 1. The molecule has 0 aromatic heterocycles. The van der Waals surface area contributed by atoms with E-state index >= 15 is 0 Å². The Hall–Kier alpha value is -1.44. The molecule has 1 saturated heterocycles. The molecule has 6 nitrogen and oxygen atoms in total. The molecule has 1 aromatic rings. The second kappa shape index (κ2) is 6.36. The number of rotatable bonds is 5. The van der Waals surface area contributed by atoms with Crippen LogP contribution in [0.1, 0.15) is 29.8 Å². The van der Waals surface area contributed by atoms with Crippen LogP contribution in [0, 0.1) is 12.8 Å². The molecular weight excluding hydrogens is 302 g/mol. The lowest BCUT2D eigenvalue weighted by molar-refractivity contribution is 0.0999. The summed E-state index contributed by atoms with van der Waals surface area (Å²) in [7, 11) is -3.67. The van der Waals surface area contributed by atoms with Crippen molar-refractivity contribution < 1.29 is 13.2 Å². The summed E-state index contributed by atoms with van der Waals surface area (Å²) in [6.45, 7) is 8.30. The van der Waals surface area contributed by atoms with Gasteiger partial charge in [-0.05, 0) is 37.1 Å². The molecule has 0 radical (unpaired) electrons. The number of aryl methyl sites for hydroxylation is 1. The van der Waals surface area contributed by atoms with Gasteiger partial charge in [-0.3, -0.25) is 4.79 Å². The van der Waals surface area contributed by atoms with Gasteiger partial charge in [0.25, 0.3) is 0 Å². The smallest absolute Gasteiger partial charge is 0.249 e.